The van der Waals surface area contributed by atoms with Crippen LogP contribution in [0.5, 0.6) is 5.75 Å². The molecule has 0 bridgehead atoms. The van der Waals surface area contributed by atoms with Crippen LogP contribution in [0.25, 0.3) is 0 Å². The van der Waals surface area contributed by atoms with E-state index in [2.05, 4.69) is 26.0 Å². The van der Waals surface area contributed by atoms with Crippen LogP contribution < -0.4 is 4.74 Å². The molecule has 1 unspecified atom stereocenters. The van der Waals surface area contributed by atoms with Gasteiger partial charge in [0.15, 0.2) is 0 Å². The Balaban J connectivity index is 2.44. The lowest BCUT2D eigenvalue weighted by molar-refractivity contribution is 0.414. The Morgan fingerprint density at radius 1 is 1.00 bits per heavy atom. The molecule has 2 rings (SSSR count). The quantitative estimate of drug-likeness (QED) is 0.595. The van der Waals surface area contributed by atoms with Crippen LogP contribution in [0.4, 0.5) is 0 Å². The van der Waals surface area contributed by atoms with Crippen molar-refractivity contribution in [1.82, 2.24) is 0 Å². The lowest BCUT2D eigenvalue weighted by Crippen LogP contribution is -2.23. The Bertz CT molecular complexity index is 623. The van der Waals surface area contributed by atoms with Gasteiger partial charge in [0.05, 0.1) is 17.5 Å². The van der Waals surface area contributed by atoms with E-state index in [-0.39, 0.29) is 10.8 Å². The van der Waals surface area contributed by atoms with Crippen molar-refractivity contribution in [3.8, 4) is 5.75 Å². The monoisotopic (exact) mass is 342 g/mol. The summed E-state index contributed by atoms with van der Waals surface area (Å²) in [5.74, 6) is 0.548. The first-order chi connectivity index (χ1) is 9.87. The number of rotatable bonds is 4. The highest BCUT2D eigenvalue weighted by molar-refractivity contribution is 6.35. The van der Waals surface area contributed by atoms with Gasteiger partial charge < -0.3 is 4.74 Å². The van der Waals surface area contributed by atoms with Crippen LogP contribution in [-0.4, -0.2) is 7.11 Å². The van der Waals surface area contributed by atoms with Crippen LogP contribution in [0, 0.1) is 0 Å². The lowest BCUT2D eigenvalue weighted by atomic mass is 9.78. The van der Waals surface area contributed by atoms with Crippen molar-refractivity contribution in [3.63, 3.8) is 0 Å². The van der Waals surface area contributed by atoms with Gasteiger partial charge in [-0.1, -0.05) is 67.4 Å². The number of hydrogen-bond acceptors (Lipinski definition) is 1. The number of benzene rings is 2. The number of ether oxygens (including phenoxy) is 1. The molecule has 0 fully saturated rings. The first kappa shape index (κ1) is 16.5. The van der Waals surface area contributed by atoms with Crippen LogP contribution >= 0.6 is 34.8 Å². The molecule has 21 heavy (non-hydrogen) atoms. The Morgan fingerprint density at radius 2 is 1.62 bits per heavy atom. The summed E-state index contributed by atoms with van der Waals surface area (Å²) in [6, 6.07) is 13.6. The molecule has 0 radical (unpaired) electrons. The van der Waals surface area contributed by atoms with Crippen molar-refractivity contribution in [2.75, 3.05) is 7.11 Å². The number of hydrogen-bond donors (Lipinski definition) is 0. The van der Waals surface area contributed by atoms with Crippen LogP contribution in [0.1, 0.15) is 30.4 Å². The second-order valence-corrected chi connectivity index (χ2v) is 6.71. The summed E-state index contributed by atoms with van der Waals surface area (Å²) in [6.07, 6.45) is 0. The summed E-state index contributed by atoms with van der Waals surface area (Å²) in [7, 11) is 1.56. The van der Waals surface area contributed by atoms with E-state index in [0.29, 0.717) is 15.8 Å². The Kier molecular flexibility index (Phi) is 5.08. The molecule has 1 atom stereocenters. The summed E-state index contributed by atoms with van der Waals surface area (Å²) in [4.78, 5) is 0. The molecule has 0 aliphatic heterocycles. The number of halogens is 3. The molecule has 0 saturated carbocycles. The predicted molar refractivity (Wildman–Crippen MR) is 91.1 cm³/mol. The molecule has 2 aromatic rings. The minimum atomic E-state index is -0.309. The fourth-order valence-corrected chi connectivity index (χ4v) is 3.17. The highest BCUT2D eigenvalue weighted by atomic mass is 35.5. The molecule has 0 spiro atoms. The van der Waals surface area contributed by atoms with E-state index in [1.807, 2.05) is 18.2 Å². The van der Waals surface area contributed by atoms with E-state index in [1.165, 1.54) is 0 Å². The molecule has 0 aromatic heterocycles. The average Bonchev–Trinajstić information content (AvgIpc) is 2.49. The zero-order valence-corrected chi connectivity index (χ0v) is 14.4. The van der Waals surface area contributed by atoms with E-state index < -0.39 is 0 Å². The maximum absolute atomic E-state index is 6.72. The number of methoxy groups -OCH3 is 1. The molecule has 0 aliphatic rings. The molecule has 1 nitrogen and oxygen atoms in total. The molecule has 4 heteroatoms. The largest absolute Gasteiger partial charge is 0.495 e. The molecule has 112 valence electrons. The van der Waals surface area contributed by atoms with Gasteiger partial charge in [-0.25, -0.2) is 0 Å². The van der Waals surface area contributed by atoms with Gasteiger partial charge in [0.2, 0.25) is 0 Å². The van der Waals surface area contributed by atoms with Crippen molar-refractivity contribution >= 4 is 34.8 Å². The topological polar surface area (TPSA) is 9.23 Å². The van der Waals surface area contributed by atoms with Crippen LogP contribution in [0.15, 0.2) is 42.5 Å². The Labute approximate surface area is 140 Å². The predicted octanol–water partition coefficient (Wildman–Crippen LogP) is 6.26. The van der Waals surface area contributed by atoms with Crippen molar-refractivity contribution in [3.05, 3.63) is 63.6 Å². The third kappa shape index (κ3) is 3.31. The van der Waals surface area contributed by atoms with Crippen molar-refractivity contribution in [1.29, 1.82) is 0 Å². The highest BCUT2D eigenvalue weighted by Crippen LogP contribution is 2.45. The zero-order chi connectivity index (χ0) is 15.6. The SMILES string of the molecule is COc1cc(Cl)c(C(Cl)C(C)(C)c2ccccc2)cc1Cl. The molecular weight excluding hydrogens is 327 g/mol. The fourth-order valence-electron chi connectivity index (χ4n) is 2.30. The molecule has 0 N–H and O–H groups in total. The summed E-state index contributed by atoms with van der Waals surface area (Å²) in [6.45, 7) is 4.18. The van der Waals surface area contributed by atoms with Crippen molar-refractivity contribution in [2.24, 2.45) is 0 Å². The second-order valence-electron chi connectivity index (χ2n) is 5.46. The average molecular weight is 344 g/mol. The van der Waals surface area contributed by atoms with Crippen molar-refractivity contribution < 1.29 is 4.74 Å². The summed E-state index contributed by atoms with van der Waals surface area (Å²) in [5, 5.41) is 0.752. The van der Waals surface area contributed by atoms with Gasteiger partial charge in [-0.2, -0.15) is 0 Å². The third-order valence-electron chi connectivity index (χ3n) is 3.70. The Hall–Kier alpha value is -0.890. The first-order valence-corrected chi connectivity index (χ1v) is 7.79. The molecule has 0 saturated heterocycles. The van der Waals surface area contributed by atoms with Gasteiger partial charge in [0.1, 0.15) is 5.75 Å². The lowest BCUT2D eigenvalue weighted by Gasteiger charge is -2.31. The zero-order valence-electron chi connectivity index (χ0n) is 12.2. The normalized spacial score (nSPS) is 13.0. The van der Waals surface area contributed by atoms with Gasteiger partial charge in [-0.3, -0.25) is 0 Å². The van der Waals surface area contributed by atoms with Crippen LogP contribution in [0.2, 0.25) is 10.0 Å². The minimum Gasteiger partial charge on any atom is -0.495 e. The molecule has 0 heterocycles. The Morgan fingerprint density at radius 3 is 2.19 bits per heavy atom. The summed E-state index contributed by atoms with van der Waals surface area (Å²) in [5.41, 5.74) is 1.66. The van der Waals surface area contributed by atoms with Crippen LogP contribution in [0.3, 0.4) is 0 Å². The molecule has 2 aromatic carbocycles. The molecule has 0 amide bonds. The smallest absolute Gasteiger partial charge is 0.138 e. The van der Waals surface area contributed by atoms with Gasteiger partial charge >= 0.3 is 0 Å². The van der Waals surface area contributed by atoms with Gasteiger partial charge in [0, 0.05) is 16.5 Å². The van der Waals surface area contributed by atoms with E-state index >= 15 is 0 Å². The first-order valence-electron chi connectivity index (χ1n) is 6.60. The van der Waals surface area contributed by atoms with E-state index in [4.69, 9.17) is 39.5 Å². The number of alkyl halides is 1. The molecular formula is C17H17Cl3O. The fraction of sp³-hybridized carbons (Fsp3) is 0.294. The minimum absolute atomic E-state index is 0.287. The molecule has 0 aliphatic carbocycles. The summed E-state index contributed by atoms with van der Waals surface area (Å²) < 4.78 is 5.17. The van der Waals surface area contributed by atoms with E-state index in [9.17, 15) is 0 Å². The second kappa shape index (κ2) is 6.48. The highest BCUT2D eigenvalue weighted by Gasteiger charge is 2.32. The van der Waals surface area contributed by atoms with E-state index in [1.54, 1.807) is 19.2 Å². The van der Waals surface area contributed by atoms with E-state index in [0.717, 1.165) is 11.1 Å². The summed E-state index contributed by atoms with van der Waals surface area (Å²) >= 11 is 19.3. The third-order valence-corrected chi connectivity index (χ3v) is 5.10. The van der Waals surface area contributed by atoms with Gasteiger partial charge in [-0.15, -0.1) is 11.6 Å². The van der Waals surface area contributed by atoms with Crippen molar-refractivity contribution in [2.45, 2.75) is 24.6 Å². The van der Waals surface area contributed by atoms with Crippen LogP contribution in [-0.2, 0) is 5.41 Å². The van der Waals surface area contributed by atoms with Gasteiger partial charge in [0.25, 0.3) is 0 Å². The standard InChI is InChI=1S/C17H17Cl3O/c1-17(2,11-7-5-4-6-8-11)16(20)12-9-14(19)15(21-3)10-13(12)18/h4-10,16H,1-3H3. The van der Waals surface area contributed by atoms with Gasteiger partial charge in [-0.05, 0) is 17.2 Å². The maximum atomic E-state index is 6.72. The maximum Gasteiger partial charge on any atom is 0.138 e.